The molecule has 0 bridgehead atoms. The summed E-state index contributed by atoms with van der Waals surface area (Å²) in [6, 6.07) is 5.18. The minimum absolute atomic E-state index is 0.0351. The van der Waals surface area contributed by atoms with E-state index in [1.165, 1.54) is 6.92 Å². The van der Waals surface area contributed by atoms with Crippen LogP contribution in [0.15, 0.2) is 36.4 Å². The number of pyridine rings is 1. The van der Waals surface area contributed by atoms with E-state index in [2.05, 4.69) is 10.3 Å². The summed E-state index contributed by atoms with van der Waals surface area (Å²) in [5.74, 6) is -0.756. The number of hydrogen-bond donors (Lipinski definition) is 1. The Kier molecular flexibility index (Phi) is 4.54. The van der Waals surface area contributed by atoms with Crippen LogP contribution in [0.25, 0.3) is 0 Å². The van der Waals surface area contributed by atoms with Crippen molar-refractivity contribution in [3.05, 3.63) is 58.9 Å². The van der Waals surface area contributed by atoms with Crippen LogP contribution in [-0.2, 0) is 12.4 Å². The molecule has 9 heteroatoms. The summed E-state index contributed by atoms with van der Waals surface area (Å²) in [5, 5.41) is 2.31. The zero-order valence-electron chi connectivity index (χ0n) is 12.1. The van der Waals surface area contributed by atoms with Crippen molar-refractivity contribution in [1.29, 1.82) is 0 Å². The number of hydrogen-bond acceptors (Lipinski definition) is 2. The quantitative estimate of drug-likeness (QED) is 0.801. The van der Waals surface area contributed by atoms with Crippen LogP contribution in [0.2, 0.25) is 0 Å². The lowest BCUT2D eigenvalue weighted by molar-refractivity contribution is -0.141. The van der Waals surface area contributed by atoms with E-state index >= 15 is 0 Å². The standard InChI is InChI=1S/C15H10F6N2O/c1-8-11(6-7-12(22-8)15(19,20)21)23-13(24)9-2-4-10(5-3-9)14(16,17)18/h2-7H,1H3,(H,23,24). The molecule has 0 atom stereocenters. The summed E-state index contributed by atoms with van der Waals surface area (Å²) in [4.78, 5) is 15.3. The van der Waals surface area contributed by atoms with Gasteiger partial charge in [-0.15, -0.1) is 0 Å². The Hall–Kier alpha value is -2.58. The van der Waals surface area contributed by atoms with Crippen LogP contribution in [0.4, 0.5) is 32.0 Å². The van der Waals surface area contributed by atoms with Gasteiger partial charge >= 0.3 is 12.4 Å². The van der Waals surface area contributed by atoms with E-state index in [9.17, 15) is 31.1 Å². The number of carbonyl (C=O) groups excluding carboxylic acids is 1. The van der Waals surface area contributed by atoms with E-state index < -0.39 is 29.5 Å². The molecule has 2 rings (SSSR count). The van der Waals surface area contributed by atoms with Crippen molar-refractivity contribution in [2.45, 2.75) is 19.3 Å². The van der Waals surface area contributed by atoms with E-state index in [-0.39, 0.29) is 16.9 Å². The van der Waals surface area contributed by atoms with Gasteiger partial charge in [0.15, 0.2) is 0 Å². The Labute approximate surface area is 132 Å². The highest BCUT2D eigenvalue weighted by Gasteiger charge is 2.33. The molecule has 0 aliphatic carbocycles. The molecule has 1 aromatic heterocycles. The molecule has 0 aliphatic heterocycles. The van der Waals surface area contributed by atoms with E-state index in [1.54, 1.807) is 0 Å². The zero-order chi connectivity index (χ0) is 18.1. The second-order valence-corrected chi connectivity index (χ2v) is 4.86. The molecule has 0 fully saturated rings. The van der Waals surface area contributed by atoms with Gasteiger partial charge in [0, 0.05) is 5.56 Å². The van der Waals surface area contributed by atoms with Crippen molar-refractivity contribution < 1.29 is 31.1 Å². The molecule has 0 unspecified atom stereocenters. The predicted octanol–water partition coefficient (Wildman–Crippen LogP) is 4.68. The Bertz CT molecular complexity index is 750. The summed E-state index contributed by atoms with van der Waals surface area (Å²) >= 11 is 0. The molecular formula is C15H10F6N2O. The number of nitrogens with one attached hydrogen (secondary N) is 1. The number of aryl methyl sites for hydroxylation is 1. The van der Waals surface area contributed by atoms with Crippen LogP contribution in [0.3, 0.4) is 0 Å². The fourth-order valence-corrected chi connectivity index (χ4v) is 1.86. The van der Waals surface area contributed by atoms with Gasteiger partial charge in [0.1, 0.15) is 5.69 Å². The fourth-order valence-electron chi connectivity index (χ4n) is 1.86. The van der Waals surface area contributed by atoms with Gasteiger partial charge in [-0.05, 0) is 43.3 Å². The van der Waals surface area contributed by atoms with Crippen molar-refractivity contribution in [3.63, 3.8) is 0 Å². The second kappa shape index (κ2) is 6.14. The number of anilines is 1. The summed E-state index contributed by atoms with van der Waals surface area (Å²) in [7, 11) is 0. The molecular weight excluding hydrogens is 338 g/mol. The van der Waals surface area contributed by atoms with Crippen LogP contribution >= 0.6 is 0 Å². The van der Waals surface area contributed by atoms with Crippen molar-refractivity contribution >= 4 is 11.6 Å². The van der Waals surface area contributed by atoms with Crippen molar-refractivity contribution in [2.24, 2.45) is 0 Å². The normalized spacial score (nSPS) is 12.1. The minimum atomic E-state index is -4.61. The van der Waals surface area contributed by atoms with E-state index in [4.69, 9.17) is 0 Å². The molecule has 1 aromatic carbocycles. The number of halogens is 6. The molecule has 128 valence electrons. The summed E-state index contributed by atoms with van der Waals surface area (Å²) in [5.41, 5.74) is -2.11. The average molecular weight is 348 g/mol. The van der Waals surface area contributed by atoms with Gasteiger partial charge in [-0.3, -0.25) is 4.79 Å². The van der Waals surface area contributed by atoms with Crippen LogP contribution in [0, 0.1) is 6.92 Å². The van der Waals surface area contributed by atoms with Gasteiger partial charge in [-0.1, -0.05) is 0 Å². The van der Waals surface area contributed by atoms with Crippen molar-refractivity contribution in [3.8, 4) is 0 Å². The molecule has 2 aromatic rings. The van der Waals surface area contributed by atoms with Crippen LogP contribution in [-0.4, -0.2) is 10.9 Å². The third-order valence-corrected chi connectivity index (χ3v) is 3.10. The summed E-state index contributed by atoms with van der Waals surface area (Å²) in [6.07, 6.45) is -9.14. The molecule has 3 nitrogen and oxygen atoms in total. The molecule has 0 radical (unpaired) electrons. The molecule has 0 aliphatic rings. The fraction of sp³-hybridized carbons (Fsp3) is 0.200. The first-order chi connectivity index (χ1) is 11.0. The first-order valence-electron chi connectivity index (χ1n) is 6.52. The number of carbonyl (C=O) groups is 1. The summed E-state index contributed by atoms with van der Waals surface area (Å²) < 4.78 is 74.9. The number of amides is 1. The van der Waals surface area contributed by atoms with Gasteiger partial charge in [-0.25, -0.2) is 4.98 Å². The molecule has 0 saturated carbocycles. The Morgan fingerprint density at radius 3 is 1.96 bits per heavy atom. The van der Waals surface area contributed by atoms with Crippen LogP contribution in [0.5, 0.6) is 0 Å². The Morgan fingerprint density at radius 2 is 1.50 bits per heavy atom. The highest BCUT2D eigenvalue weighted by atomic mass is 19.4. The van der Waals surface area contributed by atoms with Gasteiger partial charge in [-0.2, -0.15) is 26.3 Å². The van der Waals surface area contributed by atoms with Gasteiger partial charge in [0.05, 0.1) is 16.9 Å². The molecule has 1 N–H and O–H groups in total. The Morgan fingerprint density at radius 1 is 0.917 bits per heavy atom. The zero-order valence-corrected chi connectivity index (χ0v) is 12.1. The number of rotatable bonds is 2. The lowest BCUT2D eigenvalue weighted by Gasteiger charge is -2.12. The number of alkyl halides is 6. The second-order valence-electron chi connectivity index (χ2n) is 4.86. The number of aromatic nitrogens is 1. The highest BCUT2D eigenvalue weighted by Crippen LogP contribution is 2.30. The third-order valence-electron chi connectivity index (χ3n) is 3.10. The highest BCUT2D eigenvalue weighted by molar-refractivity contribution is 6.04. The molecule has 1 amide bonds. The van der Waals surface area contributed by atoms with Gasteiger partial charge in [0.2, 0.25) is 0 Å². The van der Waals surface area contributed by atoms with Gasteiger partial charge in [0.25, 0.3) is 5.91 Å². The maximum absolute atomic E-state index is 12.5. The lowest BCUT2D eigenvalue weighted by Crippen LogP contribution is -2.15. The molecule has 0 saturated heterocycles. The smallest absolute Gasteiger partial charge is 0.320 e. The van der Waals surface area contributed by atoms with E-state index in [0.717, 1.165) is 30.3 Å². The van der Waals surface area contributed by atoms with Crippen molar-refractivity contribution in [2.75, 3.05) is 5.32 Å². The Balaban J connectivity index is 2.18. The number of benzene rings is 1. The first-order valence-corrected chi connectivity index (χ1v) is 6.52. The van der Waals surface area contributed by atoms with Crippen molar-refractivity contribution in [1.82, 2.24) is 4.98 Å². The summed E-state index contributed by atoms with van der Waals surface area (Å²) in [6.45, 7) is 1.28. The molecule has 0 spiro atoms. The average Bonchev–Trinajstić information content (AvgIpc) is 2.47. The van der Waals surface area contributed by atoms with Crippen LogP contribution < -0.4 is 5.32 Å². The lowest BCUT2D eigenvalue weighted by atomic mass is 10.1. The molecule has 24 heavy (non-hydrogen) atoms. The van der Waals surface area contributed by atoms with E-state index in [0.29, 0.717) is 6.07 Å². The largest absolute Gasteiger partial charge is 0.433 e. The number of nitrogens with zero attached hydrogens (tertiary/aromatic N) is 1. The maximum Gasteiger partial charge on any atom is 0.433 e. The first kappa shape index (κ1) is 17.8. The molecule has 1 heterocycles. The minimum Gasteiger partial charge on any atom is -0.320 e. The van der Waals surface area contributed by atoms with E-state index in [1.807, 2.05) is 0 Å². The topological polar surface area (TPSA) is 42.0 Å². The maximum atomic E-state index is 12.5. The third kappa shape index (κ3) is 4.03. The van der Waals surface area contributed by atoms with Crippen LogP contribution in [0.1, 0.15) is 27.3 Å². The van der Waals surface area contributed by atoms with Gasteiger partial charge < -0.3 is 5.32 Å². The predicted molar refractivity (Wildman–Crippen MR) is 73.4 cm³/mol. The SMILES string of the molecule is Cc1nc(C(F)(F)F)ccc1NC(=O)c1ccc(C(F)(F)F)cc1. The monoisotopic (exact) mass is 348 g/mol.